The first-order valence-corrected chi connectivity index (χ1v) is 6.95. The van der Waals surface area contributed by atoms with Crippen molar-refractivity contribution in [2.45, 2.75) is 44.8 Å². The first kappa shape index (κ1) is 16.7. The van der Waals surface area contributed by atoms with Gasteiger partial charge in [-0.3, -0.25) is 0 Å². The van der Waals surface area contributed by atoms with Crippen LogP contribution in [0.15, 0.2) is 0 Å². The molecule has 1 aliphatic rings. The molecule has 1 atom stereocenters. The van der Waals surface area contributed by atoms with E-state index in [-0.39, 0.29) is 25.0 Å². The summed E-state index contributed by atoms with van der Waals surface area (Å²) in [5.74, 6) is -1.14. The predicted molar refractivity (Wildman–Crippen MR) is 69.0 cm³/mol. The van der Waals surface area contributed by atoms with Crippen molar-refractivity contribution >= 4 is 0 Å². The highest BCUT2D eigenvalue weighted by atomic mass is 19.4. The molecule has 0 aromatic heterocycles. The molecule has 0 bridgehead atoms. The quantitative estimate of drug-likeness (QED) is 0.782. The molecule has 3 nitrogen and oxygen atoms in total. The molecule has 1 fully saturated rings. The molecule has 1 rings (SSSR count). The van der Waals surface area contributed by atoms with E-state index in [1.54, 1.807) is 0 Å². The van der Waals surface area contributed by atoms with Crippen LogP contribution in [0.3, 0.4) is 0 Å². The van der Waals surface area contributed by atoms with Gasteiger partial charge in [0, 0.05) is 5.54 Å². The summed E-state index contributed by atoms with van der Waals surface area (Å²) >= 11 is 0. The number of hydrogen-bond acceptors (Lipinski definition) is 3. The van der Waals surface area contributed by atoms with E-state index < -0.39 is 12.1 Å². The van der Waals surface area contributed by atoms with Crippen molar-refractivity contribution in [2.75, 3.05) is 32.8 Å². The van der Waals surface area contributed by atoms with E-state index in [1.165, 1.54) is 0 Å². The Morgan fingerprint density at radius 3 is 2.26 bits per heavy atom. The van der Waals surface area contributed by atoms with Crippen LogP contribution in [0.25, 0.3) is 0 Å². The smallest absolute Gasteiger partial charge is 0.391 e. The van der Waals surface area contributed by atoms with Crippen LogP contribution in [-0.2, 0) is 0 Å². The zero-order chi connectivity index (χ0) is 14.5. The van der Waals surface area contributed by atoms with Gasteiger partial charge in [0.2, 0.25) is 0 Å². The number of aliphatic hydroxyl groups is 1. The van der Waals surface area contributed by atoms with E-state index in [4.69, 9.17) is 0 Å². The lowest BCUT2D eigenvalue weighted by molar-refractivity contribution is -0.185. The molecular formula is C13H25F3N2O. The summed E-state index contributed by atoms with van der Waals surface area (Å²) in [6.07, 6.45) is -2.91. The molecule has 1 unspecified atom stereocenters. The van der Waals surface area contributed by atoms with Gasteiger partial charge in [-0.05, 0) is 52.4 Å². The molecule has 2 N–H and O–H groups in total. The largest absolute Gasteiger partial charge is 0.394 e. The third kappa shape index (κ3) is 5.28. The number of likely N-dealkylation sites (N-methyl/N-ethyl adjacent to an activating group) is 1. The lowest BCUT2D eigenvalue weighted by atomic mass is 9.94. The van der Waals surface area contributed by atoms with Gasteiger partial charge in [-0.2, -0.15) is 13.2 Å². The number of nitrogens with zero attached hydrogens (tertiary/aromatic N) is 1. The summed E-state index contributed by atoms with van der Waals surface area (Å²) in [4.78, 5) is 2.06. The Morgan fingerprint density at radius 2 is 1.84 bits per heavy atom. The number of rotatable bonds is 6. The summed E-state index contributed by atoms with van der Waals surface area (Å²) in [6, 6.07) is 0. The zero-order valence-electron chi connectivity index (χ0n) is 11.8. The molecule has 0 aromatic rings. The fraction of sp³-hybridized carbons (Fsp3) is 1.00. The molecule has 0 aliphatic carbocycles. The Kier molecular flexibility index (Phi) is 6.08. The van der Waals surface area contributed by atoms with Crippen molar-refractivity contribution in [3.8, 4) is 0 Å². The van der Waals surface area contributed by atoms with Crippen molar-refractivity contribution in [3.05, 3.63) is 0 Å². The molecule has 1 saturated heterocycles. The van der Waals surface area contributed by atoms with Crippen molar-refractivity contribution < 1.29 is 18.3 Å². The predicted octanol–water partition coefficient (Wildman–Crippen LogP) is 2.01. The molecule has 0 aromatic carbocycles. The van der Waals surface area contributed by atoms with Gasteiger partial charge in [0.25, 0.3) is 0 Å². The fourth-order valence-electron chi connectivity index (χ4n) is 2.54. The number of alkyl halides is 3. The van der Waals surface area contributed by atoms with Gasteiger partial charge in [0.1, 0.15) is 0 Å². The first-order valence-electron chi connectivity index (χ1n) is 6.95. The second-order valence-corrected chi connectivity index (χ2v) is 5.66. The first-order chi connectivity index (χ1) is 8.80. The second-order valence-electron chi connectivity index (χ2n) is 5.66. The van der Waals surface area contributed by atoms with Crippen LogP contribution < -0.4 is 5.32 Å². The number of hydrogen-bond donors (Lipinski definition) is 2. The minimum Gasteiger partial charge on any atom is -0.394 e. The van der Waals surface area contributed by atoms with Crippen LogP contribution in [0.4, 0.5) is 13.2 Å². The van der Waals surface area contributed by atoms with E-state index in [2.05, 4.69) is 10.2 Å². The molecular weight excluding hydrogens is 257 g/mol. The molecule has 0 amide bonds. The Balaban J connectivity index is 2.33. The normalized spacial score (nSPS) is 22.4. The maximum absolute atomic E-state index is 12.5. The number of likely N-dealkylation sites (tertiary alicyclic amines) is 1. The third-order valence-corrected chi connectivity index (χ3v) is 3.98. The maximum Gasteiger partial charge on any atom is 0.391 e. The third-order valence-electron chi connectivity index (χ3n) is 3.98. The van der Waals surface area contributed by atoms with Crippen LogP contribution >= 0.6 is 0 Å². The Morgan fingerprint density at radius 1 is 1.26 bits per heavy atom. The van der Waals surface area contributed by atoms with Crippen molar-refractivity contribution in [3.63, 3.8) is 0 Å². The summed E-state index contributed by atoms with van der Waals surface area (Å²) in [6.45, 7) is 6.46. The molecule has 19 heavy (non-hydrogen) atoms. The van der Waals surface area contributed by atoms with Gasteiger partial charge in [-0.1, -0.05) is 6.92 Å². The van der Waals surface area contributed by atoms with E-state index in [0.29, 0.717) is 13.1 Å². The molecule has 1 aliphatic heterocycles. The number of piperidine rings is 1. The van der Waals surface area contributed by atoms with Crippen LogP contribution in [0, 0.1) is 5.92 Å². The Hall–Kier alpha value is -0.330. The van der Waals surface area contributed by atoms with E-state index >= 15 is 0 Å². The van der Waals surface area contributed by atoms with Gasteiger partial charge in [-0.25, -0.2) is 0 Å². The molecule has 1 heterocycles. The van der Waals surface area contributed by atoms with Gasteiger partial charge >= 0.3 is 6.18 Å². The number of aliphatic hydroxyl groups excluding tert-OH is 1. The summed E-state index contributed by atoms with van der Waals surface area (Å²) < 4.78 is 37.6. The highest BCUT2D eigenvalue weighted by molar-refractivity contribution is 4.84. The van der Waals surface area contributed by atoms with E-state index in [0.717, 1.165) is 19.5 Å². The average molecular weight is 282 g/mol. The Bertz CT molecular complexity index is 265. The molecule has 6 heteroatoms. The standard InChI is InChI=1S/C13H25F3N2O/c1-3-17-12(2,10-19)6-9-18-7-4-11(5-8-18)13(14,15)16/h11,17,19H,3-10H2,1-2H3. The number of nitrogens with one attached hydrogen (secondary N) is 1. The monoisotopic (exact) mass is 282 g/mol. The molecule has 0 spiro atoms. The van der Waals surface area contributed by atoms with Crippen LogP contribution in [0.2, 0.25) is 0 Å². The van der Waals surface area contributed by atoms with Crippen molar-refractivity contribution in [2.24, 2.45) is 5.92 Å². The average Bonchev–Trinajstić information content (AvgIpc) is 2.36. The van der Waals surface area contributed by atoms with Crippen LogP contribution in [-0.4, -0.2) is 54.5 Å². The summed E-state index contributed by atoms with van der Waals surface area (Å²) in [5, 5.41) is 12.6. The highest BCUT2D eigenvalue weighted by Gasteiger charge is 2.41. The molecule has 0 radical (unpaired) electrons. The Labute approximate surface area is 113 Å². The van der Waals surface area contributed by atoms with Gasteiger partial charge in [-0.15, -0.1) is 0 Å². The van der Waals surface area contributed by atoms with Gasteiger partial charge in [0.15, 0.2) is 0 Å². The summed E-state index contributed by atoms with van der Waals surface area (Å²) in [7, 11) is 0. The number of halogens is 3. The van der Waals surface area contributed by atoms with Gasteiger partial charge in [0.05, 0.1) is 12.5 Å². The second kappa shape index (κ2) is 6.90. The minimum absolute atomic E-state index is 0.0415. The van der Waals surface area contributed by atoms with E-state index in [1.807, 2.05) is 13.8 Å². The van der Waals surface area contributed by atoms with Crippen molar-refractivity contribution in [1.29, 1.82) is 0 Å². The van der Waals surface area contributed by atoms with Gasteiger partial charge < -0.3 is 15.3 Å². The maximum atomic E-state index is 12.5. The van der Waals surface area contributed by atoms with Crippen LogP contribution in [0.5, 0.6) is 0 Å². The lowest BCUT2D eigenvalue weighted by Crippen LogP contribution is -2.49. The topological polar surface area (TPSA) is 35.5 Å². The SMILES string of the molecule is CCNC(C)(CO)CCN1CCC(C(F)(F)F)CC1. The lowest BCUT2D eigenvalue weighted by Gasteiger charge is -2.36. The minimum atomic E-state index is -4.05. The summed E-state index contributed by atoms with van der Waals surface area (Å²) in [5.41, 5.74) is -0.338. The highest BCUT2D eigenvalue weighted by Crippen LogP contribution is 2.34. The van der Waals surface area contributed by atoms with Crippen molar-refractivity contribution in [1.82, 2.24) is 10.2 Å². The fourth-order valence-corrected chi connectivity index (χ4v) is 2.54. The van der Waals surface area contributed by atoms with Crippen LogP contribution in [0.1, 0.15) is 33.1 Å². The zero-order valence-corrected chi connectivity index (χ0v) is 11.8. The molecule has 0 saturated carbocycles. The van der Waals surface area contributed by atoms with E-state index in [9.17, 15) is 18.3 Å². The molecule has 114 valence electrons.